The number of unbranched alkanes of at least 4 members (excludes halogenated alkanes) is 16. The molecule has 0 bridgehead atoms. The van der Waals surface area contributed by atoms with E-state index in [1.54, 1.807) is 0 Å². The van der Waals surface area contributed by atoms with Gasteiger partial charge in [0.15, 0.2) is 0 Å². The lowest BCUT2D eigenvalue weighted by molar-refractivity contribution is -0.142. The lowest BCUT2D eigenvalue weighted by atomic mass is 9.88. The van der Waals surface area contributed by atoms with Crippen molar-refractivity contribution in [3.63, 3.8) is 0 Å². The van der Waals surface area contributed by atoms with E-state index in [1.165, 1.54) is 96.3 Å². The molecule has 0 saturated heterocycles. The van der Waals surface area contributed by atoms with Crippen molar-refractivity contribution in [2.24, 2.45) is 17.8 Å². The van der Waals surface area contributed by atoms with E-state index >= 15 is 0 Å². The van der Waals surface area contributed by atoms with Crippen LogP contribution in [0.3, 0.4) is 0 Å². The number of aromatic hydroxyl groups is 1. The summed E-state index contributed by atoms with van der Waals surface area (Å²) in [6.07, 6.45) is 25.7. The average molecular weight is 545 g/mol. The Morgan fingerprint density at radius 2 is 0.974 bits per heavy atom. The number of phenols is 1. The molecule has 0 fully saturated rings. The van der Waals surface area contributed by atoms with Gasteiger partial charge in [-0.2, -0.15) is 0 Å². The molecule has 1 unspecified atom stereocenters. The normalized spacial score (nSPS) is 12.5. The van der Waals surface area contributed by atoms with Crippen molar-refractivity contribution in [1.82, 2.24) is 0 Å². The van der Waals surface area contributed by atoms with E-state index in [-0.39, 0.29) is 5.92 Å². The minimum Gasteiger partial charge on any atom is -0.507 e. The second-order valence-corrected chi connectivity index (χ2v) is 13.1. The number of hydrogen-bond acceptors (Lipinski definition) is 2. The van der Waals surface area contributed by atoms with Crippen LogP contribution in [-0.4, -0.2) is 16.2 Å². The molecule has 0 aliphatic carbocycles. The molecule has 1 atom stereocenters. The van der Waals surface area contributed by atoms with Crippen molar-refractivity contribution >= 4 is 5.97 Å². The van der Waals surface area contributed by atoms with Crippen molar-refractivity contribution in [1.29, 1.82) is 0 Å². The van der Waals surface area contributed by atoms with Crippen LogP contribution in [0, 0.1) is 17.8 Å². The molecule has 0 radical (unpaired) electrons. The van der Waals surface area contributed by atoms with Crippen LogP contribution in [0.5, 0.6) is 5.75 Å². The molecular formula is C36H64O3. The highest BCUT2D eigenvalue weighted by molar-refractivity contribution is 5.70. The van der Waals surface area contributed by atoms with Gasteiger partial charge in [0.05, 0.1) is 5.92 Å². The number of phenolic OH excluding ortho intramolecular Hbond substituents is 1. The molecule has 0 spiro atoms. The fraction of sp³-hybridized carbons (Fsp3) is 0.806. The van der Waals surface area contributed by atoms with Gasteiger partial charge >= 0.3 is 5.97 Å². The van der Waals surface area contributed by atoms with E-state index < -0.39 is 5.97 Å². The summed E-state index contributed by atoms with van der Waals surface area (Å²) in [5.74, 6) is 0.285. The molecule has 0 aliphatic heterocycles. The zero-order valence-electron chi connectivity index (χ0n) is 26.5. The third-order valence-corrected chi connectivity index (χ3v) is 8.07. The molecular weight excluding hydrogens is 480 g/mol. The third kappa shape index (κ3) is 17.7. The molecule has 226 valence electrons. The van der Waals surface area contributed by atoms with Gasteiger partial charge < -0.3 is 10.2 Å². The summed E-state index contributed by atoms with van der Waals surface area (Å²) in [6.45, 7) is 10.9. The topological polar surface area (TPSA) is 57.5 Å². The molecule has 1 rings (SSSR count). The van der Waals surface area contributed by atoms with Gasteiger partial charge in [-0.05, 0) is 54.2 Å². The number of aliphatic carboxylic acids is 1. The maximum Gasteiger partial charge on any atom is 0.306 e. The maximum absolute atomic E-state index is 12.0. The van der Waals surface area contributed by atoms with Crippen LogP contribution in [0.1, 0.15) is 167 Å². The Bertz CT molecular complexity index is 721. The van der Waals surface area contributed by atoms with Crippen LogP contribution in [0.15, 0.2) is 12.1 Å². The summed E-state index contributed by atoms with van der Waals surface area (Å²) >= 11 is 0. The molecule has 0 aromatic heterocycles. The van der Waals surface area contributed by atoms with Gasteiger partial charge in [-0.3, -0.25) is 4.79 Å². The van der Waals surface area contributed by atoms with Gasteiger partial charge in [0.2, 0.25) is 0 Å². The summed E-state index contributed by atoms with van der Waals surface area (Å²) in [6, 6.07) is 4.12. The fourth-order valence-electron chi connectivity index (χ4n) is 5.85. The van der Waals surface area contributed by atoms with Crippen LogP contribution in [-0.2, 0) is 24.1 Å². The van der Waals surface area contributed by atoms with Crippen molar-refractivity contribution in [2.75, 3.05) is 0 Å². The minimum atomic E-state index is -0.685. The number of benzene rings is 1. The molecule has 3 nitrogen and oxygen atoms in total. The van der Waals surface area contributed by atoms with Gasteiger partial charge in [-0.25, -0.2) is 0 Å². The lowest BCUT2D eigenvalue weighted by Crippen LogP contribution is -2.17. The van der Waals surface area contributed by atoms with Crippen molar-refractivity contribution in [3.05, 3.63) is 28.8 Å². The second kappa shape index (κ2) is 22.2. The highest BCUT2D eigenvalue weighted by Gasteiger charge is 2.20. The average Bonchev–Trinajstić information content (AvgIpc) is 2.87. The summed E-state index contributed by atoms with van der Waals surface area (Å²) in [7, 11) is 0. The van der Waals surface area contributed by atoms with E-state index in [0.717, 1.165) is 48.8 Å². The van der Waals surface area contributed by atoms with E-state index in [1.807, 2.05) is 0 Å². The quantitative estimate of drug-likeness (QED) is 0.120. The smallest absolute Gasteiger partial charge is 0.306 e. The molecule has 39 heavy (non-hydrogen) atoms. The van der Waals surface area contributed by atoms with Crippen LogP contribution < -0.4 is 0 Å². The van der Waals surface area contributed by atoms with Crippen LogP contribution in [0.25, 0.3) is 0 Å². The lowest BCUT2D eigenvalue weighted by Gasteiger charge is -2.18. The second-order valence-electron chi connectivity index (χ2n) is 13.1. The Morgan fingerprint density at radius 3 is 1.31 bits per heavy atom. The first-order valence-electron chi connectivity index (χ1n) is 16.8. The van der Waals surface area contributed by atoms with Gasteiger partial charge in [0.25, 0.3) is 0 Å². The number of carbonyl (C=O) groups is 1. The summed E-state index contributed by atoms with van der Waals surface area (Å²) in [5.41, 5.74) is 3.01. The molecule has 3 heteroatoms. The van der Waals surface area contributed by atoms with Crippen LogP contribution in [0.2, 0.25) is 0 Å². The Morgan fingerprint density at radius 1 is 0.615 bits per heavy atom. The first-order valence-corrected chi connectivity index (χ1v) is 16.8. The van der Waals surface area contributed by atoms with Crippen molar-refractivity contribution in [2.45, 2.75) is 169 Å². The molecule has 0 heterocycles. The Balaban J connectivity index is 2.26. The highest BCUT2D eigenvalue weighted by Crippen LogP contribution is 2.31. The Kier molecular flexibility index (Phi) is 20.2. The fourth-order valence-corrected chi connectivity index (χ4v) is 5.85. The zero-order valence-corrected chi connectivity index (χ0v) is 26.5. The largest absolute Gasteiger partial charge is 0.507 e. The van der Waals surface area contributed by atoms with Gasteiger partial charge in [0.1, 0.15) is 5.75 Å². The number of carboxylic acid groups (broad SMARTS) is 1. The third-order valence-electron chi connectivity index (χ3n) is 8.07. The first-order chi connectivity index (χ1) is 18.7. The first kappa shape index (κ1) is 35.5. The SMILES string of the molecule is CCCCCCCCCCCCCCCCCCCC(Cc1cc(CC(C)C)c(O)c(CC(C)C)c1)C(=O)O. The van der Waals surface area contributed by atoms with Gasteiger partial charge in [0, 0.05) is 0 Å². The summed E-state index contributed by atoms with van der Waals surface area (Å²) < 4.78 is 0. The molecule has 0 amide bonds. The minimum absolute atomic E-state index is 0.343. The summed E-state index contributed by atoms with van der Waals surface area (Å²) in [5, 5.41) is 20.7. The Labute approximate surface area is 242 Å². The molecule has 0 saturated carbocycles. The van der Waals surface area contributed by atoms with E-state index in [0.29, 0.717) is 24.0 Å². The monoisotopic (exact) mass is 544 g/mol. The van der Waals surface area contributed by atoms with Gasteiger partial charge in [-0.15, -0.1) is 0 Å². The van der Waals surface area contributed by atoms with E-state index in [9.17, 15) is 15.0 Å². The predicted octanol–water partition coefficient (Wildman–Crippen LogP) is 11.1. The number of rotatable bonds is 25. The van der Waals surface area contributed by atoms with Crippen LogP contribution >= 0.6 is 0 Å². The predicted molar refractivity (Wildman–Crippen MR) is 169 cm³/mol. The summed E-state index contributed by atoms with van der Waals surface area (Å²) in [4.78, 5) is 12.0. The standard InChI is InChI=1S/C36H64O3/c1-6-7-8-9-10-11-12-13-14-15-16-17-18-19-20-21-22-23-32(36(38)39)26-31-27-33(24-29(2)3)35(37)34(28-31)25-30(4)5/h27-30,32,37H,6-26H2,1-5H3,(H,38,39). The van der Waals surface area contributed by atoms with Gasteiger partial charge in [-0.1, -0.05) is 156 Å². The van der Waals surface area contributed by atoms with E-state index in [4.69, 9.17) is 0 Å². The molecule has 0 aliphatic rings. The zero-order chi connectivity index (χ0) is 28.9. The maximum atomic E-state index is 12.0. The highest BCUT2D eigenvalue weighted by atomic mass is 16.4. The molecule has 2 N–H and O–H groups in total. The number of carboxylic acids is 1. The van der Waals surface area contributed by atoms with Crippen molar-refractivity contribution < 1.29 is 15.0 Å². The Hall–Kier alpha value is -1.51. The van der Waals surface area contributed by atoms with Crippen LogP contribution in [0.4, 0.5) is 0 Å². The van der Waals surface area contributed by atoms with Crippen molar-refractivity contribution in [3.8, 4) is 5.75 Å². The number of hydrogen-bond donors (Lipinski definition) is 2. The van der Waals surface area contributed by atoms with E-state index in [2.05, 4.69) is 46.8 Å². The molecule has 1 aromatic rings. The molecule has 1 aromatic carbocycles.